The van der Waals surface area contributed by atoms with Crippen LogP contribution in [0.5, 0.6) is 0 Å². The molecule has 1 aromatic rings. The Morgan fingerprint density at radius 1 is 1.40 bits per heavy atom. The number of carbonyl (C=O) groups is 2. The first-order valence-corrected chi connectivity index (χ1v) is 7.90. The number of rotatable bonds is 5. The monoisotopic (exact) mass is 319 g/mol. The molecule has 1 amide bonds. The Morgan fingerprint density at radius 2 is 2.00 bits per heavy atom. The van der Waals surface area contributed by atoms with Gasteiger partial charge in [-0.05, 0) is 18.2 Å². The molecule has 0 bridgehead atoms. The number of carboxylic acids is 1. The van der Waals surface area contributed by atoms with E-state index in [2.05, 4.69) is 5.32 Å². The van der Waals surface area contributed by atoms with Crippen LogP contribution in [0.15, 0.2) is 23.1 Å². The van der Waals surface area contributed by atoms with Gasteiger partial charge in [0.1, 0.15) is 0 Å². The zero-order valence-corrected chi connectivity index (χ0v) is 12.5. The van der Waals surface area contributed by atoms with Gasteiger partial charge in [0.25, 0.3) is 5.91 Å². The first-order valence-electron chi connectivity index (χ1n) is 5.63. The van der Waals surface area contributed by atoms with Crippen molar-refractivity contribution in [3.8, 4) is 0 Å². The summed E-state index contributed by atoms with van der Waals surface area (Å²) in [5.41, 5.74) is 0.104. The largest absolute Gasteiger partial charge is 0.481 e. The summed E-state index contributed by atoms with van der Waals surface area (Å²) < 4.78 is 23.0. The number of halogens is 1. The van der Waals surface area contributed by atoms with Crippen molar-refractivity contribution in [1.29, 1.82) is 0 Å². The van der Waals surface area contributed by atoms with Gasteiger partial charge in [-0.15, -0.1) is 0 Å². The molecule has 1 atom stereocenters. The molecule has 8 heteroatoms. The zero-order chi connectivity index (χ0) is 15.5. The number of hydrogen-bond acceptors (Lipinski definition) is 4. The van der Waals surface area contributed by atoms with Gasteiger partial charge in [0.2, 0.25) is 0 Å². The second-order valence-electron chi connectivity index (χ2n) is 4.37. The Morgan fingerprint density at radius 3 is 2.50 bits per heavy atom. The molecule has 1 unspecified atom stereocenters. The van der Waals surface area contributed by atoms with Crippen molar-refractivity contribution in [3.63, 3.8) is 0 Å². The molecule has 110 valence electrons. The molecule has 0 heterocycles. The van der Waals surface area contributed by atoms with Crippen molar-refractivity contribution in [3.05, 3.63) is 28.8 Å². The third-order valence-electron chi connectivity index (χ3n) is 2.58. The number of carboxylic acid groups (broad SMARTS) is 1. The van der Waals surface area contributed by atoms with Gasteiger partial charge >= 0.3 is 5.97 Å². The molecule has 0 saturated carbocycles. The predicted octanol–water partition coefficient (Wildman–Crippen LogP) is 1.19. The third-order valence-corrected chi connectivity index (χ3v) is 4.16. The maximum absolute atomic E-state index is 11.8. The maximum Gasteiger partial charge on any atom is 0.308 e. The summed E-state index contributed by atoms with van der Waals surface area (Å²) in [4.78, 5) is 22.3. The van der Waals surface area contributed by atoms with Gasteiger partial charge in [-0.2, -0.15) is 0 Å². The van der Waals surface area contributed by atoms with Crippen molar-refractivity contribution in [1.82, 2.24) is 5.32 Å². The first-order chi connectivity index (χ1) is 9.12. The Bertz CT molecular complexity index is 641. The van der Waals surface area contributed by atoms with Crippen LogP contribution in [0, 0.1) is 5.92 Å². The van der Waals surface area contributed by atoms with E-state index < -0.39 is 27.6 Å². The Labute approximate surface area is 121 Å². The molecular formula is C12H14ClNO5S. The van der Waals surface area contributed by atoms with Crippen LogP contribution in [0.25, 0.3) is 0 Å². The van der Waals surface area contributed by atoms with Crippen LogP contribution >= 0.6 is 11.6 Å². The van der Waals surface area contributed by atoms with Crippen LogP contribution in [-0.4, -0.2) is 38.2 Å². The van der Waals surface area contributed by atoms with Gasteiger partial charge in [-0.3, -0.25) is 9.59 Å². The quantitative estimate of drug-likeness (QED) is 0.849. The molecule has 0 aliphatic carbocycles. The van der Waals surface area contributed by atoms with Gasteiger partial charge in [-0.1, -0.05) is 18.5 Å². The van der Waals surface area contributed by atoms with Crippen LogP contribution in [-0.2, 0) is 14.6 Å². The van der Waals surface area contributed by atoms with Gasteiger partial charge in [0, 0.05) is 18.4 Å². The third kappa shape index (κ3) is 4.21. The molecule has 20 heavy (non-hydrogen) atoms. The topological polar surface area (TPSA) is 101 Å². The minimum atomic E-state index is -3.54. The molecule has 0 saturated heterocycles. The lowest BCUT2D eigenvalue weighted by Gasteiger charge is -2.09. The molecule has 0 aliphatic rings. The Kier molecular flexibility index (Phi) is 5.13. The minimum Gasteiger partial charge on any atom is -0.481 e. The van der Waals surface area contributed by atoms with Gasteiger partial charge < -0.3 is 10.4 Å². The van der Waals surface area contributed by atoms with E-state index >= 15 is 0 Å². The normalized spacial score (nSPS) is 12.8. The zero-order valence-electron chi connectivity index (χ0n) is 10.9. The standard InChI is InChI=1S/C12H14ClNO5S/c1-7(12(16)17)6-14-11(15)8-3-4-9(13)10(5-8)20(2,18)19/h3-5,7H,6H2,1-2H3,(H,14,15)(H,16,17). The smallest absolute Gasteiger partial charge is 0.308 e. The van der Waals surface area contributed by atoms with Crippen LogP contribution in [0.4, 0.5) is 0 Å². The number of aliphatic carboxylic acids is 1. The average Bonchev–Trinajstić information content (AvgIpc) is 2.34. The van der Waals surface area contributed by atoms with Crippen LogP contribution in [0.1, 0.15) is 17.3 Å². The van der Waals surface area contributed by atoms with E-state index in [0.717, 1.165) is 6.26 Å². The highest BCUT2D eigenvalue weighted by Crippen LogP contribution is 2.22. The molecule has 0 aliphatic heterocycles. The van der Waals surface area contributed by atoms with Crippen molar-refractivity contribution in [2.24, 2.45) is 5.92 Å². The van der Waals surface area contributed by atoms with Gasteiger partial charge in [0.15, 0.2) is 9.84 Å². The lowest BCUT2D eigenvalue weighted by atomic mass is 10.1. The Balaban J connectivity index is 2.93. The fourth-order valence-corrected chi connectivity index (χ4v) is 2.67. The summed E-state index contributed by atoms with van der Waals surface area (Å²) in [6, 6.07) is 3.85. The lowest BCUT2D eigenvalue weighted by molar-refractivity contribution is -0.140. The number of benzene rings is 1. The molecule has 0 aromatic heterocycles. The van der Waals surface area contributed by atoms with E-state index in [-0.39, 0.29) is 22.0 Å². The highest BCUT2D eigenvalue weighted by molar-refractivity contribution is 7.90. The van der Waals surface area contributed by atoms with Crippen LogP contribution in [0.2, 0.25) is 5.02 Å². The van der Waals surface area contributed by atoms with Crippen molar-refractivity contribution in [2.75, 3.05) is 12.8 Å². The second-order valence-corrected chi connectivity index (χ2v) is 6.76. The van der Waals surface area contributed by atoms with Crippen molar-refractivity contribution >= 4 is 33.3 Å². The van der Waals surface area contributed by atoms with E-state index in [1.54, 1.807) is 0 Å². The highest BCUT2D eigenvalue weighted by atomic mass is 35.5. The summed E-state index contributed by atoms with van der Waals surface area (Å²) in [5, 5.41) is 11.2. The fourth-order valence-electron chi connectivity index (χ4n) is 1.36. The number of nitrogens with one attached hydrogen (secondary N) is 1. The molecule has 1 rings (SSSR count). The molecule has 0 radical (unpaired) electrons. The first kappa shape index (κ1) is 16.5. The second kappa shape index (κ2) is 6.23. The molecule has 6 nitrogen and oxygen atoms in total. The summed E-state index contributed by atoms with van der Waals surface area (Å²) >= 11 is 5.77. The van der Waals surface area contributed by atoms with Gasteiger partial charge in [-0.25, -0.2) is 8.42 Å². The Hall–Kier alpha value is -1.60. The number of hydrogen-bond donors (Lipinski definition) is 2. The number of amides is 1. The number of carbonyl (C=O) groups excluding carboxylic acids is 1. The molecule has 0 fully saturated rings. The fraction of sp³-hybridized carbons (Fsp3) is 0.333. The van der Waals surface area contributed by atoms with Crippen molar-refractivity contribution < 1.29 is 23.1 Å². The molecular weight excluding hydrogens is 306 g/mol. The average molecular weight is 320 g/mol. The van der Waals surface area contributed by atoms with E-state index in [1.807, 2.05) is 0 Å². The van der Waals surface area contributed by atoms with E-state index in [0.29, 0.717) is 0 Å². The van der Waals surface area contributed by atoms with E-state index in [9.17, 15) is 18.0 Å². The predicted molar refractivity (Wildman–Crippen MR) is 73.7 cm³/mol. The van der Waals surface area contributed by atoms with Crippen molar-refractivity contribution in [2.45, 2.75) is 11.8 Å². The summed E-state index contributed by atoms with van der Waals surface area (Å²) in [6.07, 6.45) is 0.988. The molecule has 0 spiro atoms. The molecule has 1 aromatic carbocycles. The van der Waals surface area contributed by atoms with E-state index in [1.165, 1.54) is 25.1 Å². The van der Waals surface area contributed by atoms with Crippen LogP contribution in [0.3, 0.4) is 0 Å². The SMILES string of the molecule is CC(CNC(=O)c1ccc(Cl)c(S(C)(=O)=O)c1)C(=O)O. The maximum atomic E-state index is 11.8. The minimum absolute atomic E-state index is 0.0305. The summed E-state index contributed by atoms with van der Waals surface area (Å²) in [7, 11) is -3.54. The summed E-state index contributed by atoms with van der Waals surface area (Å²) in [6.45, 7) is 1.40. The lowest BCUT2D eigenvalue weighted by Crippen LogP contribution is -2.31. The highest BCUT2D eigenvalue weighted by Gasteiger charge is 2.17. The van der Waals surface area contributed by atoms with E-state index in [4.69, 9.17) is 16.7 Å². The van der Waals surface area contributed by atoms with Crippen LogP contribution < -0.4 is 5.32 Å². The van der Waals surface area contributed by atoms with Gasteiger partial charge in [0.05, 0.1) is 15.8 Å². The summed E-state index contributed by atoms with van der Waals surface area (Å²) in [5.74, 6) is -2.32. The molecule has 2 N–H and O–H groups in total. The number of sulfone groups is 1.